The van der Waals surface area contributed by atoms with Crippen LogP contribution >= 0.6 is 12.4 Å². The highest BCUT2D eigenvalue weighted by atomic mass is 35.5. The second-order valence-corrected chi connectivity index (χ2v) is 6.31. The van der Waals surface area contributed by atoms with Crippen LogP contribution < -0.4 is 10.1 Å². The number of aliphatic hydroxyl groups is 1. The van der Waals surface area contributed by atoms with Crippen molar-refractivity contribution in [2.45, 2.75) is 19.9 Å². The summed E-state index contributed by atoms with van der Waals surface area (Å²) in [6.07, 6.45) is 0. The number of hydrogen-bond donors (Lipinski definition) is 2. The van der Waals surface area contributed by atoms with E-state index in [2.05, 4.69) is 5.32 Å². The van der Waals surface area contributed by atoms with Crippen LogP contribution in [0, 0.1) is 17.0 Å². The van der Waals surface area contributed by atoms with Gasteiger partial charge in [0.15, 0.2) is 11.6 Å². The molecule has 7 heteroatoms. The van der Waals surface area contributed by atoms with Gasteiger partial charge < -0.3 is 15.2 Å². The molecule has 0 saturated carbocycles. The molecule has 1 aliphatic rings. The zero-order valence-electron chi connectivity index (χ0n) is 13.7. The molecule has 1 aliphatic heterocycles. The average molecular weight is 351 g/mol. The van der Waals surface area contributed by atoms with Crippen molar-refractivity contribution in [2.24, 2.45) is 5.41 Å². The van der Waals surface area contributed by atoms with Gasteiger partial charge in [0.2, 0.25) is 0 Å². The second-order valence-electron chi connectivity index (χ2n) is 6.31. The van der Waals surface area contributed by atoms with Crippen molar-refractivity contribution >= 4 is 12.4 Å². The molecule has 0 aliphatic carbocycles. The molecule has 0 bridgehead atoms. The number of benzene rings is 1. The van der Waals surface area contributed by atoms with Crippen LogP contribution in [-0.4, -0.2) is 49.9 Å². The van der Waals surface area contributed by atoms with Crippen LogP contribution in [0.15, 0.2) is 12.1 Å². The molecular formula is C16H25ClF2N2O2. The minimum Gasteiger partial charge on any atom is -0.494 e. The van der Waals surface area contributed by atoms with Crippen LogP contribution in [-0.2, 0) is 0 Å². The standard InChI is InChI=1S/C16H24F2N2O2.ClH/c1-16(2,10-21)15(20-8-6-19-7-9-20)13-11(17)4-5-12(22-3)14(13)18;/h4-5,15,19,21H,6-10H2,1-3H3;1H/t15-;/m1./s1. The number of nitrogens with one attached hydrogen (secondary N) is 1. The van der Waals surface area contributed by atoms with E-state index in [-0.39, 0.29) is 30.3 Å². The van der Waals surface area contributed by atoms with Crippen molar-refractivity contribution in [1.82, 2.24) is 10.2 Å². The third kappa shape index (κ3) is 4.12. The number of piperazine rings is 1. The van der Waals surface area contributed by atoms with Gasteiger partial charge in [-0.05, 0) is 12.1 Å². The lowest BCUT2D eigenvalue weighted by atomic mass is 9.79. The lowest BCUT2D eigenvalue weighted by molar-refractivity contribution is 0.0263. The van der Waals surface area contributed by atoms with Gasteiger partial charge in [-0.3, -0.25) is 4.90 Å². The number of aliphatic hydroxyl groups excluding tert-OH is 1. The Kier molecular flexibility index (Phi) is 7.20. The average Bonchev–Trinajstić information content (AvgIpc) is 2.52. The maximum Gasteiger partial charge on any atom is 0.172 e. The molecule has 2 rings (SSSR count). The topological polar surface area (TPSA) is 44.7 Å². The molecular weight excluding hydrogens is 326 g/mol. The van der Waals surface area contributed by atoms with Crippen LogP contribution in [0.2, 0.25) is 0 Å². The van der Waals surface area contributed by atoms with Gasteiger partial charge in [0, 0.05) is 49.8 Å². The van der Waals surface area contributed by atoms with Crippen LogP contribution in [0.1, 0.15) is 25.5 Å². The van der Waals surface area contributed by atoms with E-state index in [4.69, 9.17) is 4.74 Å². The van der Waals surface area contributed by atoms with Crippen molar-refractivity contribution in [3.8, 4) is 5.75 Å². The van der Waals surface area contributed by atoms with E-state index in [9.17, 15) is 13.9 Å². The summed E-state index contributed by atoms with van der Waals surface area (Å²) in [6.45, 7) is 6.32. The first kappa shape index (κ1) is 20.1. The monoisotopic (exact) mass is 350 g/mol. The molecule has 4 nitrogen and oxygen atoms in total. The Morgan fingerprint density at radius 2 is 1.91 bits per heavy atom. The summed E-state index contributed by atoms with van der Waals surface area (Å²) in [5.41, 5.74) is -0.717. The molecule has 1 atom stereocenters. The number of halogens is 3. The summed E-state index contributed by atoms with van der Waals surface area (Å²) in [5.74, 6) is -1.28. The number of methoxy groups -OCH3 is 1. The molecule has 132 valence electrons. The van der Waals surface area contributed by atoms with Gasteiger partial charge in [-0.25, -0.2) is 8.78 Å². The first-order valence-corrected chi connectivity index (χ1v) is 7.50. The van der Waals surface area contributed by atoms with Crippen LogP contribution in [0.25, 0.3) is 0 Å². The Morgan fingerprint density at radius 3 is 2.43 bits per heavy atom. The summed E-state index contributed by atoms with van der Waals surface area (Å²) in [4.78, 5) is 2.02. The van der Waals surface area contributed by atoms with Crippen LogP contribution in [0.5, 0.6) is 5.75 Å². The van der Waals surface area contributed by atoms with Crippen molar-refractivity contribution < 1.29 is 18.6 Å². The normalized spacial score (nSPS) is 17.5. The lowest BCUT2D eigenvalue weighted by Gasteiger charge is -2.43. The van der Waals surface area contributed by atoms with Gasteiger partial charge in [0.05, 0.1) is 7.11 Å². The van der Waals surface area contributed by atoms with Gasteiger partial charge in [0.25, 0.3) is 0 Å². The largest absolute Gasteiger partial charge is 0.494 e. The summed E-state index contributed by atoms with van der Waals surface area (Å²) in [5, 5.41) is 13.0. The molecule has 0 radical (unpaired) electrons. The zero-order chi connectivity index (χ0) is 16.3. The third-order valence-corrected chi connectivity index (χ3v) is 4.25. The van der Waals surface area contributed by atoms with E-state index in [1.165, 1.54) is 19.2 Å². The van der Waals surface area contributed by atoms with E-state index >= 15 is 0 Å². The molecule has 2 N–H and O–H groups in total. The van der Waals surface area contributed by atoms with Crippen molar-refractivity contribution in [3.05, 3.63) is 29.3 Å². The summed E-state index contributed by atoms with van der Waals surface area (Å²) < 4.78 is 34.1. The van der Waals surface area contributed by atoms with Crippen molar-refractivity contribution in [1.29, 1.82) is 0 Å². The van der Waals surface area contributed by atoms with Crippen LogP contribution in [0.3, 0.4) is 0 Å². The Morgan fingerprint density at radius 1 is 1.30 bits per heavy atom. The maximum absolute atomic E-state index is 14.7. The zero-order valence-corrected chi connectivity index (χ0v) is 14.6. The Labute approximate surface area is 142 Å². The number of nitrogens with zero attached hydrogens (tertiary/aromatic N) is 1. The predicted octanol–water partition coefficient (Wildman–Crippen LogP) is 2.36. The SMILES string of the molecule is COc1ccc(F)c([C@@H](N2CCNCC2)C(C)(C)CO)c1F.Cl. The van der Waals surface area contributed by atoms with Gasteiger partial charge in [-0.2, -0.15) is 0 Å². The Balaban J connectivity index is 0.00000264. The smallest absolute Gasteiger partial charge is 0.172 e. The lowest BCUT2D eigenvalue weighted by Crippen LogP contribution is -2.50. The minimum atomic E-state index is -0.689. The molecule has 1 heterocycles. The van der Waals surface area contributed by atoms with Gasteiger partial charge in [-0.1, -0.05) is 13.8 Å². The molecule has 1 aromatic carbocycles. The van der Waals surface area contributed by atoms with E-state index in [1.54, 1.807) is 0 Å². The molecule has 0 spiro atoms. The van der Waals surface area contributed by atoms with E-state index in [0.717, 1.165) is 13.1 Å². The Bertz CT molecular complexity index is 523. The number of rotatable bonds is 5. The molecule has 1 saturated heterocycles. The highest BCUT2D eigenvalue weighted by Crippen LogP contribution is 2.42. The highest BCUT2D eigenvalue weighted by molar-refractivity contribution is 5.85. The number of hydrogen-bond acceptors (Lipinski definition) is 4. The first-order chi connectivity index (χ1) is 10.4. The quantitative estimate of drug-likeness (QED) is 0.855. The molecule has 0 aromatic heterocycles. The van der Waals surface area contributed by atoms with E-state index in [0.29, 0.717) is 13.1 Å². The molecule has 0 amide bonds. The first-order valence-electron chi connectivity index (χ1n) is 7.50. The van der Waals surface area contributed by atoms with Crippen molar-refractivity contribution in [2.75, 3.05) is 39.9 Å². The fourth-order valence-corrected chi connectivity index (χ4v) is 3.05. The summed E-state index contributed by atoms with van der Waals surface area (Å²) in [7, 11) is 1.36. The fraction of sp³-hybridized carbons (Fsp3) is 0.625. The van der Waals surface area contributed by atoms with E-state index in [1.807, 2.05) is 18.7 Å². The number of ether oxygens (including phenoxy) is 1. The third-order valence-electron chi connectivity index (χ3n) is 4.25. The van der Waals surface area contributed by atoms with Gasteiger partial charge >= 0.3 is 0 Å². The minimum absolute atomic E-state index is 0. The van der Waals surface area contributed by atoms with Gasteiger partial charge in [-0.15, -0.1) is 12.4 Å². The fourth-order valence-electron chi connectivity index (χ4n) is 3.05. The summed E-state index contributed by atoms with van der Waals surface area (Å²) in [6, 6.07) is 1.95. The van der Waals surface area contributed by atoms with E-state index < -0.39 is 23.1 Å². The molecule has 1 aromatic rings. The van der Waals surface area contributed by atoms with Crippen molar-refractivity contribution in [3.63, 3.8) is 0 Å². The molecule has 23 heavy (non-hydrogen) atoms. The Hall–Kier alpha value is -0.950. The highest BCUT2D eigenvalue weighted by Gasteiger charge is 2.39. The summed E-state index contributed by atoms with van der Waals surface area (Å²) >= 11 is 0. The second kappa shape index (κ2) is 8.24. The van der Waals surface area contributed by atoms with Crippen LogP contribution in [0.4, 0.5) is 8.78 Å². The maximum atomic E-state index is 14.7. The molecule has 1 fully saturated rings. The molecule has 0 unspecified atom stereocenters. The van der Waals surface area contributed by atoms with Gasteiger partial charge in [0.1, 0.15) is 5.82 Å². The predicted molar refractivity (Wildman–Crippen MR) is 88.2 cm³/mol.